The first-order valence-electron chi connectivity index (χ1n) is 10.3. The first-order chi connectivity index (χ1) is 14.5. The minimum absolute atomic E-state index is 0.282. The average molecular weight is 423 g/mol. The number of fused-ring (bicyclic) bond motifs is 1. The number of nitrogens with two attached hydrogens (primary N) is 2. The molecule has 0 radical (unpaired) electrons. The summed E-state index contributed by atoms with van der Waals surface area (Å²) >= 11 is 5.99. The molecule has 2 aromatic carbocycles. The Kier molecular flexibility index (Phi) is 5.93. The predicted molar refractivity (Wildman–Crippen MR) is 125 cm³/mol. The summed E-state index contributed by atoms with van der Waals surface area (Å²) in [6, 6.07) is 9.85. The van der Waals surface area contributed by atoms with E-state index in [4.69, 9.17) is 37.8 Å². The minimum Gasteiger partial charge on any atom is -0.494 e. The smallest absolute Gasteiger partial charge is 0.152 e. The molecule has 1 heterocycles. The first kappa shape index (κ1) is 20.6. The summed E-state index contributed by atoms with van der Waals surface area (Å²) in [5.74, 6) is 1.72. The zero-order valence-corrected chi connectivity index (χ0v) is 18.1. The number of anilines is 1. The molecule has 0 bridgehead atoms. The van der Waals surface area contributed by atoms with E-state index in [0.29, 0.717) is 28.2 Å². The first-order valence-corrected chi connectivity index (χ1v) is 10.7. The van der Waals surface area contributed by atoms with Crippen LogP contribution >= 0.6 is 11.6 Å². The molecule has 3 aromatic rings. The number of hydrogen-bond donors (Lipinski definition) is 2. The van der Waals surface area contributed by atoms with Crippen LogP contribution in [0.5, 0.6) is 5.75 Å². The lowest BCUT2D eigenvalue weighted by molar-refractivity contribution is 0.391. The van der Waals surface area contributed by atoms with Crippen molar-refractivity contribution in [2.24, 2.45) is 5.73 Å². The van der Waals surface area contributed by atoms with Gasteiger partial charge in [0.25, 0.3) is 0 Å². The Hall–Kier alpha value is -2.63. The quantitative estimate of drug-likeness (QED) is 0.554. The number of halogens is 1. The van der Waals surface area contributed by atoms with Crippen LogP contribution in [0.15, 0.2) is 30.3 Å². The van der Waals surface area contributed by atoms with Crippen molar-refractivity contribution in [3.8, 4) is 5.75 Å². The van der Waals surface area contributed by atoms with Crippen LogP contribution in [0.2, 0.25) is 5.02 Å². The van der Waals surface area contributed by atoms with Crippen LogP contribution in [-0.2, 0) is 0 Å². The van der Waals surface area contributed by atoms with Crippen LogP contribution in [0.3, 0.4) is 0 Å². The molecule has 0 amide bonds. The van der Waals surface area contributed by atoms with E-state index in [1.54, 1.807) is 7.11 Å². The van der Waals surface area contributed by atoms with Crippen LogP contribution in [0, 0.1) is 6.92 Å². The van der Waals surface area contributed by atoms with Gasteiger partial charge in [-0.15, -0.1) is 0 Å². The molecule has 5 nitrogen and oxygen atoms in total. The normalized spacial score (nSPS) is 19.5. The Balaban J connectivity index is 1.83. The van der Waals surface area contributed by atoms with Gasteiger partial charge in [-0.25, -0.2) is 9.97 Å². The third-order valence-electron chi connectivity index (χ3n) is 5.91. The molecule has 30 heavy (non-hydrogen) atoms. The van der Waals surface area contributed by atoms with Gasteiger partial charge in [0, 0.05) is 27.9 Å². The lowest BCUT2D eigenvalue weighted by Crippen LogP contribution is -2.26. The molecule has 1 saturated carbocycles. The highest BCUT2D eigenvalue weighted by Gasteiger charge is 2.25. The molecule has 4 N–H and O–H groups in total. The maximum Gasteiger partial charge on any atom is 0.152 e. The van der Waals surface area contributed by atoms with E-state index in [9.17, 15) is 0 Å². The number of benzene rings is 2. The zero-order chi connectivity index (χ0) is 21.3. The second-order valence-electron chi connectivity index (χ2n) is 7.98. The fourth-order valence-electron chi connectivity index (χ4n) is 4.32. The second kappa shape index (κ2) is 8.62. The fraction of sp³-hybridized carbons (Fsp3) is 0.333. The highest BCUT2D eigenvalue weighted by Crippen LogP contribution is 2.40. The van der Waals surface area contributed by atoms with Crippen LogP contribution in [0.4, 0.5) is 5.69 Å². The second-order valence-corrected chi connectivity index (χ2v) is 8.42. The molecule has 6 heteroatoms. The Bertz CT molecular complexity index is 1090. The molecular weight excluding hydrogens is 396 g/mol. The van der Waals surface area contributed by atoms with E-state index in [-0.39, 0.29) is 6.04 Å². The summed E-state index contributed by atoms with van der Waals surface area (Å²) in [5, 5.41) is 1.76. The Morgan fingerprint density at radius 2 is 1.77 bits per heavy atom. The molecule has 0 aliphatic heterocycles. The van der Waals surface area contributed by atoms with E-state index in [1.807, 2.05) is 49.4 Å². The van der Waals surface area contributed by atoms with Gasteiger partial charge in [0.05, 0.1) is 24.0 Å². The summed E-state index contributed by atoms with van der Waals surface area (Å²) in [6.45, 7) is 2.03. The Morgan fingerprint density at radius 3 is 2.43 bits per heavy atom. The number of ether oxygens (including phenoxy) is 1. The molecule has 1 aliphatic carbocycles. The molecule has 1 aromatic heterocycles. The standard InChI is InChI=1S/C24H27ClN4O/c1-14-22-20(13-19(27)24(14)30-2)28-21(12-5-15-3-8-17(25)9-4-15)29-23(22)16-6-10-18(26)11-7-16/h3-5,8-9,12-13,16,18H,6-7,10-11,26-27H2,1-2H3/b12-5-. The van der Waals surface area contributed by atoms with Crippen LogP contribution in [0.1, 0.15) is 54.2 Å². The van der Waals surface area contributed by atoms with Crippen LogP contribution in [-0.4, -0.2) is 23.1 Å². The highest BCUT2D eigenvalue weighted by atomic mass is 35.5. The molecule has 0 spiro atoms. The van der Waals surface area contributed by atoms with Gasteiger partial charge in [-0.3, -0.25) is 0 Å². The number of nitrogen functional groups attached to an aromatic ring is 1. The van der Waals surface area contributed by atoms with Crippen molar-refractivity contribution in [1.82, 2.24) is 9.97 Å². The Morgan fingerprint density at radius 1 is 1.07 bits per heavy atom. The zero-order valence-electron chi connectivity index (χ0n) is 17.4. The van der Waals surface area contributed by atoms with Gasteiger partial charge in [0.2, 0.25) is 0 Å². The summed E-state index contributed by atoms with van der Waals surface area (Å²) < 4.78 is 5.56. The van der Waals surface area contributed by atoms with Gasteiger partial charge in [-0.05, 0) is 62.4 Å². The molecule has 4 rings (SSSR count). The molecular formula is C24H27ClN4O. The van der Waals surface area contributed by atoms with E-state index in [0.717, 1.165) is 53.4 Å². The number of aromatic nitrogens is 2. The molecule has 0 atom stereocenters. The van der Waals surface area contributed by atoms with Gasteiger partial charge in [-0.2, -0.15) is 0 Å². The lowest BCUT2D eigenvalue weighted by atomic mass is 9.82. The monoisotopic (exact) mass is 422 g/mol. The van der Waals surface area contributed by atoms with Gasteiger partial charge < -0.3 is 16.2 Å². The molecule has 156 valence electrons. The van der Waals surface area contributed by atoms with Gasteiger partial charge in [-0.1, -0.05) is 29.8 Å². The summed E-state index contributed by atoms with van der Waals surface area (Å²) in [6.07, 6.45) is 8.02. The van der Waals surface area contributed by atoms with Gasteiger partial charge in [0.15, 0.2) is 5.82 Å². The van der Waals surface area contributed by atoms with Gasteiger partial charge in [0.1, 0.15) is 5.75 Å². The summed E-state index contributed by atoms with van der Waals surface area (Å²) in [7, 11) is 1.65. The third kappa shape index (κ3) is 4.13. The number of hydrogen-bond acceptors (Lipinski definition) is 5. The SMILES string of the molecule is COc1c(N)cc2nc(/C=C\c3ccc(Cl)cc3)nc(C3CCC(N)CC3)c2c1C. The Labute approximate surface area is 182 Å². The third-order valence-corrected chi connectivity index (χ3v) is 6.16. The van der Waals surface area contributed by atoms with Crippen molar-refractivity contribution in [1.29, 1.82) is 0 Å². The molecule has 1 aliphatic rings. The molecule has 0 saturated heterocycles. The highest BCUT2D eigenvalue weighted by molar-refractivity contribution is 6.30. The summed E-state index contributed by atoms with van der Waals surface area (Å²) in [5.41, 5.74) is 16.9. The minimum atomic E-state index is 0.282. The molecule has 0 unspecified atom stereocenters. The van der Waals surface area contributed by atoms with E-state index in [1.165, 1.54) is 0 Å². The number of nitrogens with zero attached hydrogens (tertiary/aromatic N) is 2. The number of methoxy groups -OCH3 is 1. The predicted octanol–water partition coefficient (Wildman–Crippen LogP) is 5.34. The number of rotatable bonds is 4. The molecule has 1 fully saturated rings. The van der Waals surface area contributed by atoms with Crippen molar-refractivity contribution in [2.45, 2.75) is 44.6 Å². The van der Waals surface area contributed by atoms with Crippen molar-refractivity contribution in [3.63, 3.8) is 0 Å². The van der Waals surface area contributed by atoms with Gasteiger partial charge >= 0.3 is 0 Å². The van der Waals surface area contributed by atoms with Crippen molar-refractivity contribution < 1.29 is 4.74 Å². The van der Waals surface area contributed by atoms with E-state index in [2.05, 4.69) is 0 Å². The van der Waals surface area contributed by atoms with Crippen molar-refractivity contribution >= 4 is 40.3 Å². The van der Waals surface area contributed by atoms with E-state index < -0.39 is 0 Å². The largest absolute Gasteiger partial charge is 0.494 e. The topological polar surface area (TPSA) is 87.0 Å². The van der Waals surface area contributed by atoms with Crippen molar-refractivity contribution in [2.75, 3.05) is 12.8 Å². The maximum absolute atomic E-state index is 6.24. The summed E-state index contributed by atoms with van der Waals surface area (Å²) in [4.78, 5) is 9.78. The van der Waals surface area contributed by atoms with Crippen LogP contribution < -0.4 is 16.2 Å². The number of aryl methyl sites for hydroxylation is 1. The fourth-order valence-corrected chi connectivity index (χ4v) is 4.45. The van der Waals surface area contributed by atoms with Crippen molar-refractivity contribution in [3.05, 3.63) is 58.0 Å². The van der Waals surface area contributed by atoms with Crippen LogP contribution in [0.25, 0.3) is 23.1 Å². The maximum atomic E-state index is 6.24. The average Bonchev–Trinajstić information content (AvgIpc) is 2.73. The van der Waals surface area contributed by atoms with E-state index >= 15 is 0 Å². The lowest BCUT2D eigenvalue weighted by Gasteiger charge is -2.27.